The second kappa shape index (κ2) is 4.88. The molecule has 0 aliphatic heterocycles. The molecule has 0 aliphatic carbocycles. The number of fused-ring (bicyclic) bond motifs is 1. The van der Waals surface area contributed by atoms with Crippen molar-refractivity contribution < 1.29 is 9.13 Å². The Balaban J connectivity index is 2.61. The number of nitrogens with zero attached hydrogens (tertiary/aromatic N) is 1. The van der Waals surface area contributed by atoms with Crippen molar-refractivity contribution in [3.05, 3.63) is 36.0 Å². The molecular weight excluding hydrogens is 241 g/mol. The Morgan fingerprint density at radius 3 is 2.65 bits per heavy atom. The maximum absolute atomic E-state index is 12.7. The molecule has 0 spiro atoms. The third kappa shape index (κ3) is 2.50. The standard InChI is InChI=1S/C13H13ClFNO/c1-8(2)9-4-3-5-11-10(9)6-7-16-12(11)17-13(14)15/h3-8,13H,1-2H3. The summed E-state index contributed by atoms with van der Waals surface area (Å²) < 4.78 is 17.5. The summed E-state index contributed by atoms with van der Waals surface area (Å²) in [7, 11) is 0. The number of hydrogen-bond acceptors (Lipinski definition) is 2. The maximum Gasteiger partial charge on any atom is 0.317 e. The predicted octanol–water partition coefficient (Wildman–Crippen LogP) is 4.23. The minimum Gasteiger partial charge on any atom is -0.429 e. The van der Waals surface area contributed by atoms with Gasteiger partial charge in [-0.2, -0.15) is 4.39 Å². The van der Waals surface area contributed by atoms with Gasteiger partial charge in [-0.25, -0.2) is 4.98 Å². The zero-order valence-electron chi connectivity index (χ0n) is 9.65. The summed E-state index contributed by atoms with van der Waals surface area (Å²) in [6, 6.07) is 7.71. The molecule has 0 aliphatic rings. The van der Waals surface area contributed by atoms with Crippen molar-refractivity contribution in [2.75, 3.05) is 0 Å². The molecule has 1 aromatic heterocycles. The molecule has 0 bridgehead atoms. The van der Waals surface area contributed by atoms with Gasteiger partial charge in [0, 0.05) is 11.6 Å². The summed E-state index contributed by atoms with van der Waals surface area (Å²) >= 11 is 5.19. The average Bonchev–Trinajstić information content (AvgIpc) is 2.28. The molecule has 1 heterocycles. The summed E-state index contributed by atoms with van der Waals surface area (Å²) in [5.41, 5.74) is 1.18. The third-order valence-corrected chi connectivity index (χ3v) is 2.72. The van der Waals surface area contributed by atoms with E-state index < -0.39 is 5.82 Å². The minimum absolute atomic E-state index is 0.229. The molecule has 0 saturated heterocycles. The van der Waals surface area contributed by atoms with Crippen molar-refractivity contribution in [1.82, 2.24) is 4.98 Å². The number of benzene rings is 1. The number of pyridine rings is 1. The molecule has 0 saturated carbocycles. The van der Waals surface area contributed by atoms with Gasteiger partial charge in [0.1, 0.15) is 0 Å². The minimum atomic E-state index is -1.88. The van der Waals surface area contributed by atoms with Gasteiger partial charge in [-0.15, -0.1) is 0 Å². The van der Waals surface area contributed by atoms with Gasteiger partial charge in [-0.3, -0.25) is 0 Å². The summed E-state index contributed by atoms with van der Waals surface area (Å²) in [6.07, 6.45) is 1.60. The summed E-state index contributed by atoms with van der Waals surface area (Å²) in [5, 5.41) is 1.80. The molecule has 0 amide bonds. The topological polar surface area (TPSA) is 22.1 Å². The van der Waals surface area contributed by atoms with Crippen LogP contribution in [0.3, 0.4) is 0 Å². The van der Waals surface area contributed by atoms with Crippen molar-refractivity contribution >= 4 is 22.4 Å². The smallest absolute Gasteiger partial charge is 0.317 e. The summed E-state index contributed by atoms with van der Waals surface area (Å²) in [4.78, 5) is 4.00. The first-order valence-corrected chi connectivity index (χ1v) is 5.85. The molecule has 1 atom stereocenters. The molecule has 2 rings (SSSR count). The third-order valence-electron chi connectivity index (χ3n) is 2.63. The quantitative estimate of drug-likeness (QED) is 0.764. The molecule has 0 fully saturated rings. The van der Waals surface area contributed by atoms with Gasteiger partial charge in [-0.1, -0.05) is 26.0 Å². The first kappa shape index (κ1) is 12.1. The van der Waals surface area contributed by atoms with E-state index in [0.29, 0.717) is 5.92 Å². The Hall–Kier alpha value is -1.35. The van der Waals surface area contributed by atoms with Gasteiger partial charge in [0.25, 0.3) is 0 Å². The number of halogens is 2. The Kier molecular flexibility index (Phi) is 3.48. The van der Waals surface area contributed by atoms with E-state index in [-0.39, 0.29) is 5.88 Å². The molecule has 0 radical (unpaired) electrons. The second-order valence-electron chi connectivity index (χ2n) is 4.09. The highest BCUT2D eigenvalue weighted by molar-refractivity contribution is 6.18. The number of aromatic nitrogens is 1. The molecule has 90 valence electrons. The van der Waals surface area contributed by atoms with E-state index in [0.717, 1.165) is 10.8 Å². The van der Waals surface area contributed by atoms with Crippen LogP contribution in [-0.2, 0) is 0 Å². The largest absolute Gasteiger partial charge is 0.429 e. The number of ether oxygens (including phenoxy) is 1. The van der Waals surface area contributed by atoms with Crippen LogP contribution in [0.4, 0.5) is 4.39 Å². The van der Waals surface area contributed by atoms with Gasteiger partial charge in [0.15, 0.2) is 0 Å². The molecule has 2 aromatic rings. The lowest BCUT2D eigenvalue weighted by Crippen LogP contribution is -2.03. The predicted molar refractivity (Wildman–Crippen MR) is 67.2 cm³/mol. The second-order valence-corrected chi connectivity index (χ2v) is 4.43. The maximum atomic E-state index is 12.7. The van der Waals surface area contributed by atoms with Gasteiger partial charge in [0.2, 0.25) is 5.88 Å². The Labute approximate surface area is 104 Å². The van der Waals surface area contributed by atoms with Crippen molar-refractivity contribution in [1.29, 1.82) is 0 Å². The lowest BCUT2D eigenvalue weighted by atomic mass is 9.97. The van der Waals surface area contributed by atoms with Crippen LogP contribution in [0.15, 0.2) is 30.5 Å². The zero-order chi connectivity index (χ0) is 12.4. The molecule has 0 N–H and O–H groups in total. The van der Waals surface area contributed by atoms with E-state index in [1.165, 1.54) is 5.56 Å². The molecule has 4 heteroatoms. The highest BCUT2D eigenvalue weighted by atomic mass is 35.5. The van der Waals surface area contributed by atoms with Gasteiger partial charge < -0.3 is 4.74 Å². The average molecular weight is 254 g/mol. The van der Waals surface area contributed by atoms with E-state index in [4.69, 9.17) is 16.3 Å². The van der Waals surface area contributed by atoms with Crippen molar-refractivity contribution in [3.63, 3.8) is 0 Å². The lowest BCUT2D eigenvalue weighted by Gasteiger charge is -2.12. The van der Waals surface area contributed by atoms with Crippen LogP contribution in [0, 0.1) is 0 Å². The van der Waals surface area contributed by atoms with E-state index in [2.05, 4.69) is 18.8 Å². The fourth-order valence-electron chi connectivity index (χ4n) is 1.89. The number of hydrogen-bond donors (Lipinski definition) is 0. The highest BCUT2D eigenvalue weighted by Crippen LogP contribution is 2.30. The van der Waals surface area contributed by atoms with E-state index in [1.807, 2.05) is 24.3 Å². The first-order chi connectivity index (χ1) is 8.09. The van der Waals surface area contributed by atoms with Gasteiger partial charge in [0.05, 0.1) is 0 Å². The Bertz CT molecular complexity index is 528. The molecule has 1 unspecified atom stereocenters. The van der Waals surface area contributed by atoms with Crippen LogP contribution in [0.1, 0.15) is 25.3 Å². The van der Waals surface area contributed by atoms with Gasteiger partial charge in [-0.05, 0) is 40.6 Å². The number of rotatable bonds is 3. The lowest BCUT2D eigenvalue weighted by molar-refractivity contribution is 0.143. The molecular formula is C13H13ClFNO. The number of alkyl halides is 2. The van der Waals surface area contributed by atoms with E-state index in [9.17, 15) is 4.39 Å². The highest BCUT2D eigenvalue weighted by Gasteiger charge is 2.11. The molecule has 1 aromatic carbocycles. The fourth-order valence-corrected chi connectivity index (χ4v) is 1.97. The van der Waals surface area contributed by atoms with Crippen LogP contribution < -0.4 is 4.74 Å². The van der Waals surface area contributed by atoms with E-state index in [1.54, 1.807) is 6.20 Å². The Morgan fingerprint density at radius 1 is 1.24 bits per heavy atom. The van der Waals surface area contributed by atoms with Crippen LogP contribution in [0.25, 0.3) is 10.8 Å². The Morgan fingerprint density at radius 2 is 2.00 bits per heavy atom. The first-order valence-electron chi connectivity index (χ1n) is 5.42. The normalized spacial score (nSPS) is 13.0. The van der Waals surface area contributed by atoms with Crippen molar-refractivity contribution in [2.24, 2.45) is 0 Å². The summed E-state index contributed by atoms with van der Waals surface area (Å²) in [6.45, 7) is 4.21. The monoisotopic (exact) mass is 253 g/mol. The fraction of sp³-hybridized carbons (Fsp3) is 0.308. The van der Waals surface area contributed by atoms with Crippen LogP contribution in [0.5, 0.6) is 5.88 Å². The van der Waals surface area contributed by atoms with Crippen LogP contribution in [0.2, 0.25) is 0 Å². The zero-order valence-corrected chi connectivity index (χ0v) is 10.4. The van der Waals surface area contributed by atoms with Gasteiger partial charge >= 0.3 is 5.82 Å². The van der Waals surface area contributed by atoms with Crippen molar-refractivity contribution in [2.45, 2.75) is 25.6 Å². The summed E-state index contributed by atoms with van der Waals surface area (Å²) in [5.74, 6) is -1.27. The van der Waals surface area contributed by atoms with Crippen LogP contribution >= 0.6 is 11.6 Å². The van der Waals surface area contributed by atoms with E-state index >= 15 is 0 Å². The van der Waals surface area contributed by atoms with Crippen LogP contribution in [-0.4, -0.2) is 10.8 Å². The SMILES string of the molecule is CC(C)c1cccc2c(OC(F)Cl)nccc12. The molecule has 2 nitrogen and oxygen atoms in total. The molecule has 17 heavy (non-hydrogen) atoms. The van der Waals surface area contributed by atoms with Crippen molar-refractivity contribution in [3.8, 4) is 5.88 Å².